The third kappa shape index (κ3) is 4.64. The summed E-state index contributed by atoms with van der Waals surface area (Å²) in [4.78, 5) is 4.51. The zero-order valence-electron chi connectivity index (χ0n) is 18.5. The molecule has 0 spiro atoms. The standard InChI is InChI=1S/C25H18BrF2N5O2S/c26-16-5-7-19(8-6-16)36(34,35)24-10-9-23(33-22-4-2-1-3-21(22)31-32-33)25(30-24)20(29)13-15-11-17(27)14-18(28)12-15/h1-12,14,20H,13,29H2. The van der Waals surface area contributed by atoms with E-state index < -0.39 is 27.5 Å². The lowest BCUT2D eigenvalue weighted by Crippen LogP contribution is -2.20. The van der Waals surface area contributed by atoms with Crippen molar-refractivity contribution in [1.82, 2.24) is 20.0 Å². The number of aromatic nitrogens is 4. The van der Waals surface area contributed by atoms with E-state index in [0.29, 0.717) is 22.3 Å². The average Bonchev–Trinajstić information content (AvgIpc) is 3.27. The average molecular weight is 570 g/mol. The number of pyridine rings is 1. The number of hydrogen-bond donors (Lipinski definition) is 1. The highest BCUT2D eigenvalue weighted by atomic mass is 79.9. The highest BCUT2D eigenvalue weighted by molar-refractivity contribution is 9.10. The van der Waals surface area contributed by atoms with Crippen LogP contribution in [0.2, 0.25) is 0 Å². The molecule has 182 valence electrons. The van der Waals surface area contributed by atoms with Gasteiger partial charge in [0.05, 0.1) is 27.8 Å². The van der Waals surface area contributed by atoms with Crippen LogP contribution in [0.15, 0.2) is 93.3 Å². The van der Waals surface area contributed by atoms with E-state index in [4.69, 9.17) is 5.73 Å². The molecule has 0 saturated carbocycles. The van der Waals surface area contributed by atoms with Crippen molar-refractivity contribution in [1.29, 1.82) is 0 Å². The minimum Gasteiger partial charge on any atom is -0.322 e. The summed E-state index contributed by atoms with van der Waals surface area (Å²) in [6.45, 7) is 0. The Kier molecular flexibility index (Phi) is 6.37. The molecule has 7 nitrogen and oxygen atoms in total. The van der Waals surface area contributed by atoms with Crippen LogP contribution in [0, 0.1) is 11.6 Å². The van der Waals surface area contributed by atoms with Crippen LogP contribution in [0.25, 0.3) is 16.7 Å². The van der Waals surface area contributed by atoms with Gasteiger partial charge < -0.3 is 5.73 Å². The number of sulfone groups is 1. The maximum Gasteiger partial charge on any atom is 0.223 e. The predicted molar refractivity (Wildman–Crippen MR) is 133 cm³/mol. The Bertz CT molecular complexity index is 1670. The Hall–Kier alpha value is -3.54. The molecule has 3 aromatic carbocycles. The number of nitrogens with two attached hydrogens (primary N) is 1. The van der Waals surface area contributed by atoms with Crippen LogP contribution in [0.4, 0.5) is 8.78 Å². The quantitative estimate of drug-likeness (QED) is 0.311. The van der Waals surface area contributed by atoms with Gasteiger partial charge in [0.25, 0.3) is 0 Å². The minimum atomic E-state index is -3.98. The smallest absolute Gasteiger partial charge is 0.223 e. The number of halogens is 3. The molecule has 5 rings (SSSR count). The number of fused-ring (bicyclic) bond motifs is 1. The summed E-state index contributed by atoms with van der Waals surface area (Å²) in [5.74, 6) is -1.47. The molecule has 0 aliphatic heterocycles. The van der Waals surface area contributed by atoms with Crippen LogP contribution < -0.4 is 5.73 Å². The first-order valence-electron chi connectivity index (χ1n) is 10.8. The van der Waals surface area contributed by atoms with E-state index in [2.05, 4.69) is 31.2 Å². The van der Waals surface area contributed by atoms with E-state index in [-0.39, 0.29) is 22.0 Å². The number of benzene rings is 3. The molecule has 5 aromatic rings. The summed E-state index contributed by atoms with van der Waals surface area (Å²) >= 11 is 3.30. The molecule has 2 aromatic heterocycles. The number of nitrogens with zero attached hydrogens (tertiary/aromatic N) is 4. The van der Waals surface area contributed by atoms with E-state index in [0.717, 1.165) is 10.5 Å². The fraction of sp³-hybridized carbons (Fsp3) is 0.0800. The van der Waals surface area contributed by atoms with E-state index >= 15 is 0 Å². The second-order valence-corrected chi connectivity index (χ2v) is 10.9. The first-order valence-corrected chi connectivity index (χ1v) is 13.0. The van der Waals surface area contributed by atoms with Crippen LogP contribution in [0.1, 0.15) is 17.3 Å². The summed E-state index contributed by atoms with van der Waals surface area (Å²) in [7, 11) is -3.98. The van der Waals surface area contributed by atoms with Crippen molar-refractivity contribution in [2.24, 2.45) is 5.73 Å². The van der Waals surface area contributed by atoms with E-state index in [1.54, 1.807) is 30.3 Å². The fourth-order valence-electron chi connectivity index (χ4n) is 3.91. The number of para-hydroxylation sites is 1. The molecule has 0 aliphatic carbocycles. The van der Waals surface area contributed by atoms with Crippen molar-refractivity contribution in [2.45, 2.75) is 22.4 Å². The summed E-state index contributed by atoms with van der Waals surface area (Å²) in [6.07, 6.45) is 0.00307. The van der Waals surface area contributed by atoms with Crippen LogP contribution >= 0.6 is 15.9 Å². The van der Waals surface area contributed by atoms with E-state index in [1.807, 2.05) is 12.1 Å². The summed E-state index contributed by atoms with van der Waals surface area (Å²) in [5.41, 5.74) is 8.66. The van der Waals surface area contributed by atoms with Crippen molar-refractivity contribution in [2.75, 3.05) is 0 Å². The van der Waals surface area contributed by atoms with Crippen molar-refractivity contribution < 1.29 is 17.2 Å². The molecule has 1 atom stereocenters. The zero-order chi connectivity index (χ0) is 25.4. The third-order valence-corrected chi connectivity index (χ3v) is 7.78. The summed E-state index contributed by atoms with van der Waals surface area (Å²) < 4.78 is 56.5. The largest absolute Gasteiger partial charge is 0.322 e. The molecule has 2 N–H and O–H groups in total. The van der Waals surface area contributed by atoms with Gasteiger partial charge >= 0.3 is 0 Å². The monoisotopic (exact) mass is 569 g/mol. The second-order valence-electron chi connectivity index (χ2n) is 8.09. The topological polar surface area (TPSA) is 104 Å². The molecule has 36 heavy (non-hydrogen) atoms. The van der Waals surface area contributed by atoms with Crippen molar-refractivity contribution in [3.8, 4) is 5.69 Å². The van der Waals surface area contributed by atoms with Gasteiger partial charge in [0, 0.05) is 10.5 Å². The Morgan fingerprint density at radius 2 is 1.64 bits per heavy atom. The van der Waals surface area contributed by atoms with Crippen molar-refractivity contribution >= 4 is 36.8 Å². The third-order valence-electron chi connectivity index (χ3n) is 5.59. The van der Waals surface area contributed by atoms with Crippen molar-refractivity contribution in [3.05, 3.63) is 106 Å². The van der Waals surface area contributed by atoms with Gasteiger partial charge in [-0.15, -0.1) is 5.10 Å². The molecular formula is C25H18BrF2N5O2S. The Labute approximate surface area is 213 Å². The fourth-order valence-corrected chi connectivity index (χ4v) is 5.38. The van der Waals surface area contributed by atoms with Gasteiger partial charge in [-0.25, -0.2) is 26.9 Å². The molecule has 0 aliphatic rings. The molecule has 1 unspecified atom stereocenters. The lowest BCUT2D eigenvalue weighted by atomic mass is 10.0. The molecule has 0 bridgehead atoms. The normalized spacial score (nSPS) is 12.7. The van der Waals surface area contributed by atoms with Gasteiger partial charge in [-0.05, 0) is 72.6 Å². The summed E-state index contributed by atoms with van der Waals surface area (Å²) in [6, 6.07) is 18.5. The first-order chi connectivity index (χ1) is 17.2. The molecule has 0 fully saturated rings. The van der Waals surface area contributed by atoms with Crippen molar-refractivity contribution in [3.63, 3.8) is 0 Å². The van der Waals surface area contributed by atoms with Crippen LogP contribution in [-0.2, 0) is 16.3 Å². The van der Waals surface area contributed by atoms with Crippen LogP contribution in [0.3, 0.4) is 0 Å². The minimum absolute atomic E-state index is 0.00307. The van der Waals surface area contributed by atoms with Gasteiger partial charge in [-0.1, -0.05) is 33.3 Å². The lowest BCUT2D eigenvalue weighted by molar-refractivity contribution is 0.574. The Morgan fingerprint density at radius 1 is 0.944 bits per heavy atom. The molecule has 0 radical (unpaired) electrons. The lowest BCUT2D eigenvalue weighted by Gasteiger charge is -2.17. The van der Waals surface area contributed by atoms with Gasteiger partial charge in [-0.3, -0.25) is 0 Å². The molecule has 0 amide bonds. The highest BCUT2D eigenvalue weighted by Crippen LogP contribution is 2.28. The van der Waals surface area contributed by atoms with E-state index in [9.17, 15) is 17.2 Å². The molecule has 0 saturated heterocycles. The van der Waals surface area contributed by atoms with Crippen LogP contribution in [-0.4, -0.2) is 28.4 Å². The molecule has 11 heteroatoms. The van der Waals surface area contributed by atoms with Gasteiger partial charge in [0.2, 0.25) is 9.84 Å². The predicted octanol–water partition coefficient (Wildman–Crippen LogP) is 4.93. The first kappa shape index (κ1) is 24.2. The summed E-state index contributed by atoms with van der Waals surface area (Å²) in [5, 5.41) is 8.14. The number of hydrogen-bond acceptors (Lipinski definition) is 6. The maximum atomic E-state index is 13.8. The second kappa shape index (κ2) is 9.49. The number of rotatable bonds is 6. The van der Waals surface area contributed by atoms with Gasteiger partial charge in [0.1, 0.15) is 17.2 Å². The maximum absolute atomic E-state index is 13.8. The van der Waals surface area contributed by atoms with E-state index in [1.165, 1.54) is 35.0 Å². The van der Waals surface area contributed by atoms with Gasteiger partial charge in [-0.2, -0.15) is 0 Å². The molecular weight excluding hydrogens is 552 g/mol. The Balaban J connectivity index is 1.65. The highest BCUT2D eigenvalue weighted by Gasteiger charge is 2.25. The zero-order valence-corrected chi connectivity index (χ0v) is 20.9. The van der Waals surface area contributed by atoms with Gasteiger partial charge in [0.15, 0.2) is 5.03 Å². The Morgan fingerprint density at radius 3 is 2.36 bits per heavy atom. The van der Waals surface area contributed by atoms with Crippen LogP contribution in [0.5, 0.6) is 0 Å². The molecule has 2 heterocycles. The SMILES string of the molecule is NC(Cc1cc(F)cc(F)c1)c1nc(S(=O)(=O)c2ccc(Br)cc2)ccc1-n1nnc2ccccc21.